The van der Waals surface area contributed by atoms with Crippen molar-refractivity contribution in [3.63, 3.8) is 0 Å². The highest BCUT2D eigenvalue weighted by atomic mass is 16.5. The number of amides is 1. The summed E-state index contributed by atoms with van der Waals surface area (Å²) in [6.07, 6.45) is 8.64. The largest absolute Gasteiger partial charge is 0.371 e. The van der Waals surface area contributed by atoms with Crippen molar-refractivity contribution in [2.24, 2.45) is 11.8 Å². The van der Waals surface area contributed by atoms with E-state index in [-0.39, 0.29) is 5.60 Å². The van der Waals surface area contributed by atoms with Crippen molar-refractivity contribution in [1.82, 2.24) is 9.80 Å². The molecule has 4 fully saturated rings. The van der Waals surface area contributed by atoms with Gasteiger partial charge in [0.1, 0.15) is 5.60 Å². The van der Waals surface area contributed by atoms with Gasteiger partial charge in [0, 0.05) is 12.5 Å². The molecule has 0 bridgehead atoms. The van der Waals surface area contributed by atoms with Crippen molar-refractivity contribution in [2.75, 3.05) is 39.3 Å². The highest BCUT2D eigenvalue weighted by molar-refractivity contribution is 5.80. The Labute approximate surface area is 127 Å². The van der Waals surface area contributed by atoms with Gasteiger partial charge in [0.15, 0.2) is 0 Å². The Hall–Kier alpha value is -0.610. The minimum atomic E-state index is 0.0287. The summed E-state index contributed by atoms with van der Waals surface area (Å²) in [6, 6.07) is 0. The van der Waals surface area contributed by atoms with Crippen molar-refractivity contribution in [1.29, 1.82) is 0 Å². The van der Waals surface area contributed by atoms with E-state index in [2.05, 4.69) is 4.90 Å². The molecule has 4 nitrogen and oxygen atoms in total. The standard InChI is InChI=1S/C17H28N2O2/c20-16(15-4-3-5-15)19-12-17(13-19)7-6-14(11-21-17)10-18-8-1-2-9-18/h14-15H,1-13H2. The van der Waals surface area contributed by atoms with Crippen molar-refractivity contribution in [3.8, 4) is 0 Å². The lowest BCUT2D eigenvalue weighted by Crippen LogP contribution is -2.67. The van der Waals surface area contributed by atoms with Gasteiger partial charge in [0.05, 0.1) is 19.7 Å². The zero-order valence-electron chi connectivity index (χ0n) is 13.1. The van der Waals surface area contributed by atoms with Gasteiger partial charge in [-0.25, -0.2) is 0 Å². The second-order valence-electron chi connectivity index (χ2n) is 7.73. The molecule has 3 heterocycles. The molecule has 118 valence electrons. The number of carbonyl (C=O) groups is 1. The number of likely N-dealkylation sites (tertiary alicyclic amines) is 2. The topological polar surface area (TPSA) is 32.8 Å². The van der Waals surface area contributed by atoms with Gasteiger partial charge in [-0.1, -0.05) is 6.42 Å². The number of rotatable bonds is 3. The Bertz CT molecular complexity index is 386. The van der Waals surface area contributed by atoms with Crippen LogP contribution in [0.5, 0.6) is 0 Å². The zero-order valence-corrected chi connectivity index (χ0v) is 13.1. The van der Waals surface area contributed by atoms with Crippen LogP contribution in [-0.4, -0.2) is 60.6 Å². The fourth-order valence-electron chi connectivity index (χ4n) is 4.36. The number of nitrogens with zero attached hydrogens (tertiary/aromatic N) is 2. The second kappa shape index (κ2) is 5.54. The minimum absolute atomic E-state index is 0.0287. The van der Waals surface area contributed by atoms with Crippen molar-refractivity contribution in [2.45, 2.75) is 50.5 Å². The van der Waals surface area contributed by atoms with E-state index >= 15 is 0 Å². The molecule has 1 spiro atoms. The number of ether oxygens (including phenoxy) is 1. The molecule has 0 aromatic rings. The van der Waals surface area contributed by atoms with Crippen LogP contribution in [0.15, 0.2) is 0 Å². The zero-order chi connectivity index (χ0) is 14.3. The number of carbonyl (C=O) groups excluding carboxylic acids is 1. The van der Waals surface area contributed by atoms with E-state index in [0.29, 0.717) is 17.7 Å². The molecule has 3 aliphatic heterocycles. The van der Waals surface area contributed by atoms with Crippen LogP contribution in [0.1, 0.15) is 44.9 Å². The Morgan fingerprint density at radius 3 is 2.43 bits per heavy atom. The van der Waals surface area contributed by atoms with E-state index in [1.807, 2.05) is 4.90 Å². The predicted octanol–water partition coefficient (Wildman–Crippen LogP) is 1.89. The summed E-state index contributed by atoms with van der Waals surface area (Å²) in [6.45, 7) is 6.41. The molecule has 1 aliphatic carbocycles. The Morgan fingerprint density at radius 2 is 1.86 bits per heavy atom. The molecule has 21 heavy (non-hydrogen) atoms. The van der Waals surface area contributed by atoms with Gasteiger partial charge in [-0.3, -0.25) is 4.79 Å². The van der Waals surface area contributed by atoms with Gasteiger partial charge in [0.2, 0.25) is 5.91 Å². The molecule has 4 aliphatic rings. The second-order valence-corrected chi connectivity index (χ2v) is 7.73. The van der Waals surface area contributed by atoms with Crippen LogP contribution >= 0.6 is 0 Å². The van der Waals surface area contributed by atoms with Gasteiger partial charge in [-0.05, 0) is 57.5 Å². The molecule has 0 N–H and O–H groups in total. The molecule has 1 amide bonds. The first-order chi connectivity index (χ1) is 10.2. The predicted molar refractivity (Wildman–Crippen MR) is 81.0 cm³/mol. The molecule has 0 aromatic heterocycles. The molecular weight excluding hydrogens is 264 g/mol. The first kappa shape index (κ1) is 14.0. The first-order valence-electron chi connectivity index (χ1n) is 8.89. The Balaban J connectivity index is 1.22. The molecule has 0 radical (unpaired) electrons. The summed E-state index contributed by atoms with van der Waals surface area (Å²) in [5.41, 5.74) is 0.0287. The van der Waals surface area contributed by atoms with Crippen molar-refractivity contribution < 1.29 is 9.53 Å². The average Bonchev–Trinajstić information content (AvgIpc) is 2.88. The van der Waals surface area contributed by atoms with Crippen LogP contribution in [0.25, 0.3) is 0 Å². The van der Waals surface area contributed by atoms with Gasteiger partial charge >= 0.3 is 0 Å². The molecule has 1 atom stereocenters. The molecule has 1 unspecified atom stereocenters. The van der Waals surface area contributed by atoms with Gasteiger partial charge in [0.25, 0.3) is 0 Å². The van der Waals surface area contributed by atoms with Crippen molar-refractivity contribution >= 4 is 5.91 Å². The molecular formula is C17H28N2O2. The molecule has 3 saturated heterocycles. The number of hydrogen-bond donors (Lipinski definition) is 0. The molecule has 0 aromatic carbocycles. The van der Waals surface area contributed by atoms with E-state index < -0.39 is 0 Å². The average molecular weight is 292 g/mol. The molecule has 4 rings (SSSR count). The van der Waals surface area contributed by atoms with Crippen LogP contribution in [0, 0.1) is 11.8 Å². The maximum atomic E-state index is 12.2. The maximum absolute atomic E-state index is 12.2. The van der Waals surface area contributed by atoms with E-state index in [0.717, 1.165) is 39.0 Å². The lowest BCUT2D eigenvalue weighted by molar-refractivity contribution is -0.193. The number of hydrogen-bond acceptors (Lipinski definition) is 3. The summed E-state index contributed by atoms with van der Waals surface area (Å²) in [5.74, 6) is 1.45. The van der Waals surface area contributed by atoms with Gasteiger partial charge in [-0.15, -0.1) is 0 Å². The van der Waals surface area contributed by atoms with E-state index in [1.165, 1.54) is 45.3 Å². The highest BCUT2D eigenvalue weighted by Crippen LogP contribution is 2.39. The summed E-state index contributed by atoms with van der Waals surface area (Å²) < 4.78 is 6.22. The van der Waals surface area contributed by atoms with Crippen LogP contribution in [0.4, 0.5) is 0 Å². The Kier molecular flexibility index (Phi) is 3.70. The SMILES string of the molecule is O=C(C1CCC1)N1CC2(CCC(CN3CCCC3)CO2)C1. The summed E-state index contributed by atoms with van der Waals surface area (Å²) in [5, 5.41) is 0. The third-order valence-electron chi connectivity index (χ3n) is 6.07. The van der Waals surface area contributed by atoms with Crippen LogP contribution in [0.2, 0.25) is 0 Å². The normalized spacial score (nSPS) is 33.0. The van der Waals surface area contributed by atoms with E-state index in [4.69, 9.17) is 4.74 Å². The quantitative estimate of drug-likeness (QED) is 0.796. The highest BCUT2D eigenvalue weighted by Gasteiger charge is 2.49. The molecule has 1 saturated carbocycles. The fraction of sp³-hybridized carbons (Fsp3) is 0.941. The van der Waals surface area contributed by atoms with Crippen LogP contribution in [-0.2, 0) is 9.53 Å². The van der Waals surface area contributed by atoms with Gasteiger partial charge in [-0.2, -0.15) is 0 Å². The van der Waals surface area contributed by atoms with Crippen molar-refractivity contribution in [3.05, 3.63) is 0 Å². The summed E-state index contributed by atoms with van der Waals surface area (Å²) in [4.78, 5) is 16.8. The minimum Gasteiger partial charge on any atom is -0.371 e. The first-order valence-corrected chi connectivity index (χ1v) is 8.89. The lowest BCUT2D eigenvalue weighted by atomic mass is 9.79. The van der Waals surface area contributed by atoms with Gasteiger partial charge < -0.3 is 14.5 Å². The summed E-state index contributed by atoms with van der Waals surface area (Å²) >= 11 is 0. The smallest absolute Gasteiger partial charge is 0.225 e. The monoisotopic (exact) mass is 292 g/mol. The molecule has 4 heteroatoms. The third-order valence-corrected chi connectivity index (χ3v) is 6.07. The van der Waals surface area contributed by atoms with Crippen LogP contribution in [0.3, 0.4) is 0 Å². The summed E-state index contributed by atoms with van der Waals surface area (Å²) in [7, 11) is 0. The van der Waals surface area contributed by atoms with E-state index in [1.54, 1.807) is 0 Å². The van der Waals surface area contributed by atoms with E-state index in [9.17, 15) is 4.79 Å². The maximum Gasteiger partial charge on any atom is 0.225 e. The third kappa shape index (κ3) is 2.72. The fourth-order valence-corrected chi connectivity index (χ4v) is 4.36. The van der Waals surface area contributed by atoms with Crippen LogP contribution < -0.4 is 0 Å². The lowest BCUT2D eigenvalue weighted by Gasteiger charge is -2.54. The Morgan fingerprint density at radius 1 is 1.10 bits per heavy atom.